The van der Waals surface area contributed by atoms with Gasteiger partial charge in [-0.05, 0) is 37.1 Å². The van der Waals surface area contributed by atoms with Crippen LogP contribution in [-0.4, -0.2) is 43.7 Å². The highest BCUT2D eigenvalue weighted by molar-refractivity contribution is 5.76. The molecule has 1 saturated heterocycles. The number of hydrogen-bond acceptors (Lipinski definition) is 4. The Labute approximate surface area is 119 Å². The zero-order valence-corrected chi connectivity index (χ0v) is 11.9. The molecule has 0 aromatic heterocycles. The summed E-state index contributed by atoms with van der Waals surface area (Å²) in [6.07, 6.45) is 2.15. The zero-order chi connectivity index (χ0) is 14.4. The molecule has 0 aliphatic carbocycles. The number of carbonyl (C=O) groups excluding carboxylic acids is 1. The molecule has 2 rings (SSSR count). The smallest absolute Gasteiger partial charge is 0.222 e. The lowest BCUT2D eigenvalue weighted by molar-refractivity contribution is -0.130. The number of carbonyl (C=O) groups is 1. The van der Waals surface area contributed by atoms with Crippen molar-refractivity contribution < 1.29 is 14.3 Å². The Balaban J connectivity index is 1.64. The van der Waals surface area contributed by atoms with Crippen LogP contribution in [0.1, 0.15) is 19.3 Å². The fourth-order valence-corrected chi connectivity index (χ4v) is 2.26. The van der Waals surface area contributed by atoms with Gasteiger partial charge in [0.25, 0.3) is 0 Å². The van der Waals surface area contributed by atoms with Crippen molar-refractivity contribution in [2.45, 2.75) is 25.3 Å². The van der Waals surface area contributed by atoms with Crippen molar-refractivity contribution in [2.75, 3.05) is 26.8 Å². The van der Waals surface area contributed by atoms with Crippen LogP contribution in [0, 0.1) is 0 Å². The molecule has 1 amide bonds. The van der Waals surface area contributed by atoms with E-state index in [1.807, 2.05) is 29.2 Å². The van der Waals surface area contributed by atoms with Crippen LogP contribution in [0.5, 0.6) is 11.5 Å². The topological polar surface area (TPSA) is 64.8 Å². The van der Waals surface area contributed by atoms with Crippen molar-refractivity contribution in [2.24, 2.45) is 5.73 Å². The molecule has 0 unspecified atom stereocenters. The summed E-state index contributed by atoms with van der Waals surface area (Å²) in [6, 6.07) is 7.58. The van der Waals surface area contributed by atoms with E-state index in [1.165, 1.54) is 0 Å². The monoisotopic (exact) mass is 278 g/mol. The van der Waals surface area contributed by atoms with E-state index in [0.29, 0.717) is 19.6 Å². The molecule has 110 valence electrons. The third-order valence-corrected chi connectivity index (χ3v) is 3.44. The fraction of sp³-hybridized carbons (Fsp3) is 0.533. The molecule has 20 heavy (non-hydrogen) atoms. The molecule has 0 spiro atoms. The van der Waals surface area contributed by atoms with Gasteiger partial charge in [0.2, 0.25) is 5.91 Å². The molecule has 1 aromatic rings. The number of rotatable bonds is 6. The Morgan fingerprint density at radius 2 is 2.05 bits per heavy atom. The number of amides is 1. The number of hydrogen-bond donors (Lipinski definition) is 1. The Hall–Kier alpha value is -1.75. The van der Waals surface area contributed by atoms with Crippen LogP contribution in [0.4, 0.5) is 0 Å². The zero-order valence-electron chi connectivity index (χ0n) is 11.9. The third kappa shape index (κ3) is 4.13. The molecule has 5 nitrogen and oxygen atoms in total. The highest BCUT2D eigenvalue weighted by Gasteiger charge is 2.22. The van der Waals surface area contributed by atoms with Crippen LogP contribution in [0.3, 0.4) is 0 Å². The summed E-state index contributed by atoms with van der Waals surface area (Å²) in [5.74, 6) is 1.77. The average molecular weight is 278 g/mol. The molecule has 1 fully saturated rings. The van der Waals surface area contributed by atoms with Crippen molar-refractivity contribution in [1.29, 1.82) is 0 Å². The fourth-order valence-electron chi connectivity index (χ4n) is 2.26. The van der Waals surface area contributed by atoms with Crippen LogP contribution in [-0.2, 0) is 4.79 Å². The summed E-state index contributed by atoms with van der Waals surface area (Å²) >= 11 is 0. The lowest BCUT2D eigenvalue weighted by Gasteiger charge is -2.15. The van der Waals surface area contributed by atoms with Crippen LogP contribution in [0.15, 0.2) is 24.3 Å². The maximum atomic E-state index is 11.9. The lowest BCUT2D eigenvalue weighted by Crippen LogP contribution is -2.31. The lowest BCUT2D eigenvalue weighted by atomic mass is 10.3. The van der Waals surface area contributed by atoms with Crippen molar-refractivity contribution in [1.82, 2.24) is 4.90 Å². The van der Waals surface area contributed by atoms with Crippen molar-refractivity contribution in [3.05, 3.63) is 24.3 Å². The molecule has 2 N–H and O–H groups in total. The van der Waals surface area contributed by atoms with Gasteiger partial charge in [0.1, 0.15) is 11.5 Å². The average Bonchev–Trinajstić information content (AvgIpc) is 2.91. The number of likely N-dealkylation sites (tertiary alicyclic amines) is 1. The second kappa shape index (κ2) is 7.14. The van der Waals surface area contributed by atoms with Gasteiger partial charge in [0, 0.05) is 25.6 Å². The van der Waals surface area contributed by atoms with E-state index in [9.17, 15) is 4.79 Å². The highest BCUT2D eigenvalue weighted by Crippen LogP contribution is 2.17. The van der Waals surface area contributed by atoms with Gasteiger partial charge in [-0.15, -0.1) is 0 Å². The van der Waals surface area contributed by atoms with Gasteiger partial charge < -0.3 is 20.1 Å². The molecule has 0 saturated carbocycles. The minimum absolute atomic E-state index is 0.148. The predicted octanol–water partition coefficient (Wildman–Crippen LogP) is 1.41. The molecular weight excluding hydrogens is 256 g/mol. The second-order valence-electron chi connectivity index (χ2n) is 5.02. The number of nitrogens with two attached hydrogens (primary N) is 1. The molecule has 1 aliphatic rings. The number of ether oxygens (including phenoxy) is 2. The quantitative estimate of drug-likeness (QED) is 0.799. The Kier molecular flexibility index (Phi) is 5.24. The number of nitrogens with zero attached hydrogens (tertiary/aromatic N) is 1. The molecule has 1 aromatic carbocycles. The van der Waals surface area contributed by atoms with E-state index in [-0.39, 0.29) is 11.9 Å². The maximum Gasteiger partial charge on any atom is 0.222 e. The summed E-state index contributed by atoms with van der Waals surface area (Å²) in [7, 11) is 1.63. The van der Waals surface area contributed by atoms with Gasteiger partial charge in [0.05, 0.1) is 13.7 Å². The van der Waals surface area contributed by atoms with Crippen molar-refractivity contribution in [3.63, 3.8) is 0 Å². The molecule has 1 aliphatic heterocycles. The normalized spacial score (nSPS) is 18.1. The molecule has 0 bridgehead atoms. The molecule has 5 heteroatoms. The number of benzene rings is 1. The molecule has 0 radical (unpaired) electrons. The van der Waals surface area contributed by atoms with Crippen LogP contribution < -0.4 is 15.2 Å². The van der Waals surface area contributed by atoms with Gasteiger partial charge in [-0.25, -0.2) is 0 Å². The highest BCUT2D eigenvalue weighted by atomic mass is 16.5. The van der Waals surface area contributed by atoms with E-state index in [4.69, 9.17) is 15.2 Å². The Morgan fingerprint density at radius 1 is 1.35 bits per heavy atom. The summed E-state index contributed by atoms with van der Waals surface area (Å²) in [4.78, 5) is 13.7. The number of methoxy groups -OCH3 is 1. The van der Waals surface area contributed by atoms with E-state index >= 15 is 0 Å². The first kappa shape index (κ1) is 14.7. The van der Waals surface area contributed by atoms with E-state index in [0.717, 1.165) is 30.9 Å². The summed E-state index contributed by atoms with van der Waals surface area (Å²) in [5.41, 5.74) is 5.79. The first-order valence-electron chi connectivity index (χ1n) is 6.99. The van der Waals surface area contributed by atoms with Gasteiger partial charge in [-0.3, -0.25) is 4.79 Å². The van der Waals surface area contributed by atoms with Crippen LogP contribution >= 0.6 is 0 Å². The van der Waals surface area contributed by atoms with Crippen molar-refractivity contribution >= 4 is 5.91 Å². The Morgan fingerprint density at radius 3 is 2.65 bits per heavy atom. The minimum atomic E-state index is 0.148. The largest absolute Gasteiger partial charge is 0.497 e. The van der Waals surface area contributed by atoms with Gasteiger partial charge in [0.15, 0.2) is 0 Å². The minimum Gasteiger partial charge on any atom is -0.497 e. The van der Waals surface area contributed by atoms with Crippen molar-refractivity contribution in [3.8, 4) is 11.5 Å². The standard InChI is InChI=1S/C15H22N2O3/c1-19-13-4-6-14(7-5-13)20-10-2-3-15(18)17-9-8-12(16)11-17/h4-7,12H,2-3,8-11,16H2,1H3/t12-/m1/s1. The van der Waals surface area contributed by atoms with Gasteiger partial charge in [-0.2, -0.15) is 0 Å². The summed E-state index contributed by atoms with van der Waals surface area (Å²) < 4.78 is 10.7. The molecule has 1 heterocycles. The third-order valence-electron chi connectivity index (χ3n) is 3.44. The first-order chi connectivity index (χ1) is 9.69. The van der Waals surface area contributed by atoms with Crippen LogP contribution in [0.25, 0.3) is 0 Å². The summed E-state index contributed by atoms with van der Waals surface area (Å²) in [6.45, 7) is 2.02. The van der Waals surface area contributed by atoms with Crippen LogP contribution in [0.2, 0.25) is 0 Å². The maximum absolute atomic E-state index is 11.9. The second-order valence-corrected chi connectivity index (χ2v) is 5.02. The van der Waals surface area contributed by atoms with E-state index in [1.54, 1.807) is 7.11 Å². The SMILES string of the molecule is COc1ccc(OCCCC(=O)N2CC[C@@H](N)C2)cc1. The Bertz CT molecular complexity index is 433. The first-order valence-corrected chi connectivity index (χ1v) is 6.99. The van der Waals surface area contributed by atoms with Gasteiger partial charge in [-0.1, -0.05) is 0 Å². The molecular formula is C15H22N2O3. The predicted molar refractivity (Wildman–Crippen MR) is 76.9 cm³/mol. The van der Waals surface area contributed by atoms with E-state index in [2.05, 4.69) is 0 Å². The van der Waals surface area contributed by atoms with E-state index < -0.39 is 0 Å². The molecule has 1 atom stereocenters. The van der Waals surface area contributed by atoms with Gasteiger partial charge >= 0.3 is 0 Å². The summed E-state index contributed by atoms with van der Waals surface area (Å²) in [5, 5.41) is 0.